The average Bonchev–Trinajstić information content (AvgIpc) is 2.99. The van der Waals surface area contributed by atoms with E-state index in [2.05, 4.69) is 59.1 Å². The predicted octanol–water partition coefficient (Wildman–Crippen LogP) is 4.98. The molecule has 1 atom stereocenters. The standard InChI is InChI=1S/C25H29Br2ClN4O/c26-18-14-17-1-2-19-20(3-4-21(28)23(19)27)25(24(17)30-15-18)32-11-9-31(10-12-32)22(33)13-16-5-7-29-8-6-16/h3-4,14-16,25,29H,1-2,5-13H2. The lowest BCUT2D eigenvalue weighted by atomic mass is 9.93. The van der Waals surface area contributed by atoms with E-state index in [0.29, 0.717) is 18.2 Å². The van der Waals surface area contributed by atoms with Crippen LogP contribution in [0.1, 0.15) is 47.7 Å². The Labute approximate surface area is 217 Å². The summed E-state index contributed by atoms with van der Waals surface area (Å²) in [4.78, 5) is 22.4. The van der Waals surface area contributed by atoms with Gasteiger partial charge in [-0.1, -0.05) is 17.7 Å². The van der Waals surface area contributed by atoms with Crippen molar-refractivity contribution in [2.75, 3.05) is 39.3 Å². The molecule has 2 aliphatic heterocycles. The second-order valence-corrected chi connectivity index (χ2v) is 11.5. The third kappa shape index (κ3) is 5.03. The summed E-state index contributed by atoms with van der Waals surface area (Å²) in [6.07, 6.45) is 6.67. The van der Waals surface area contributed by atoms with Crippen molar-refractivity contribution in [2.24, 2.45) is 5.92 Å². The summed E-state index contributed by atoms with van der Waals surface area (Å²) < 4.78 is 2.01. The van der Waals surface area contributed by atoms with Crippen LogP contribution in [0.4, 0.5) is 0 Å². The fourth-order valence-corrected chi connectivity index (χ4v) is 6.64. The second-order valence-electron chi connectivity index (χ2n) is 9.34. The van der Waals surface area contributed by atoms with Crippen LogP contribution in [0.3, 0.4) is 0 Å². The molecule has 2 saturated heterocycles. The second kappa shape index (κ2) is 10.3. The maximum absolute atomic E-state index is 13.0. The Balaban J connectivity index is 1.38. The number of amides is 1. The van der Waals surface area contributed by atoms with Gasteiger partial charge in [0.15, 0.2) is 0 Å². The number of nitrogens with one attached hydrogen (secondary N) is 1. The summed E-state index contributed by atoms with van der Waals surface area (Å²) in [7, 11) is 0. The number of carbonyl (C=O) groups is 1. The van der Waals surface area contributed by atoms with Crippen molar-refractivity contribution in [1.82, 2.24) is 20.1 Å². The van der Waals surface area contributed by atoms with Gasteiger partial charge in [0.2, 0.25) is 5.91 Å². The van der Waals surface area contributed by atoms with Gasteiger partial charge in [0.1, 0.15) is 0 Å². The Morgan fingerprint density at radius 3 is 2.64 bits per heavy atom. The highest BCUT2D eigenvalue weighted by molar-refractivity contribution is 9.10. The first-order valence-corrected chi connectivity index (χ1v) is 13.8. The minimum atomic E-state index is 0.0702. The van der Waals surface area contributed by atoms with Crippen LogP contribution >= 0.6 is 43.5 Å². The van der Waals surface area contributed by atoms with Gasteiger partial charge in [-0.25, -0.2) is 0 Å². The van der Waals surface area contributed by atoms with Crippen molar-refractivity contribution < 1.29 is 4.79 Å². The van der Waals surface area contributed by atoms with E-state index in [1.165, 1.54) is 16.7 Å². The van der Waals surface area contributed by atoms with Gasteiger partial charge in [-0.05, 0) is 105 Å². The van der Waals surface area contributed by atoms with Gasteiger partial charge in [-0.15, -0.1) is 0 Å². The number of aromatic nitrogens is 1. The molecule has 8 heteroatoms. The molecule has 0 spiro atoms. The number of fused-ring (bicyclic) bond motifs is 2. The molecule has 3 aliphatic rings. The summed E-state index contributed by atoms with van der Waals surface area (Å²) >= 11 is 13.8. The molecular weight excluding hydrogens is 568 g/mol. The molecule has 0 radical (unpaired) electrons. The maximum Gasteiger partial charge on any atom is 0.222 e. The summed E-state index contributed by atoms with van der Waals surface area (Å²) in [5.74, 6) is 0.849. The lowest BCUT2D eigenvalue weighted by molar-refractivity contribution is -0.134. The van der Waals surface area contributed by atoms with Gasteiger partial charge in [0.25, 0.3) is 0 Å². The summed E-state index contributed by atoms with van der Waals surface area (Å²) in [5.41, 5.74) is 4.94. The molecule has 1 N–H and O–H groups in total. The number of aryl methyl sites for hydroxylation is 1. The highest BCUT2D eigenvalue weighted by Crippen LogP contribution is 2.41. The number of hydrogen-bond donors (Lipinski definition) is 1. The molecule has 2 aromatic rings. The van der Waals surface area contributed by atoms with Gasteiger partial charge < -0.3 is 10.2 Å². The number of piperidine rings is 1. The molecule has 5 nitrogen and oxygen atoms in total. The third-order valence-electron chi connectivity index (χ3n) is 7.35. The number of hydrogen-bond acceptors (Lipinski definition) is 4. The number of rotatable bonds is 3. The lowest BCUT2D eigenvalue weighted by Gasteiger charge is -2.40. The zero-order valence-electron chi connectivity index (χ0n) is 18.6. The molecule has 0 saturated carbocycles. The molecule has 1 aromatic heterocycles. The number of nitrogens with zero attached hydrogens (tertiary/aromatic N) is 3. The van der Waals surface area contributed by atoms with Gasteiger partial charge in [-0.2, -0.15) is 0 Å². The normalized spacial score (nSPS) is 21.9. The number of carbonyl (C=O) groups excluding carboxylic acids is 1. The summed E-state index contributed by atoms with van der Waals surface area (Å²) in [5, 5.41) is 4.14. The van der Waals surface area contributed by atoms with E-state index in [4.69, 9.17) is 16.6 Å². The highest BCUT2D eigenvalue weighted by Gasteiger charge is 2.34. The van der Waals surface area contributed by atoms with Crippen molar-refractivity contribution in [3.63, 3.8) is 0 Å². The van der Waals surface area contributed by atoms with Gasteiger partial charge >= 0.3 is 0 Å². The van der Waals surface area contributed by atoms with Crippen LogP contribution in [0.25, 0.3) is 0 Å². The number of benzene rings is 1. The molecule has 176 valence electrons. The van der Waals surface area contributed by atoms with E-state index >= 15 is 0 Å². The van der Waals surface area contributed by atoms with Crippen LogP contribution in [-0.2, 0) is 17.6 Å². The quantitative estimate of drug-likeness (QED) is 0.543. The topological polar surface area (TPSA) is 48.5 Å². The van der Waals surface area contributed by atoms with Crippen LogP contribution in [0.2, 0.25) is 5.02 Å². The molecule has 33 heavy (non-hydrogen) atoms. The van der Waals surface area contributed by atoms with E-state index < -0.39 is 0 Å². The molecule has 5 rings (SSSR count). The molecule has 1 aliphatic carbocycles. The number of pyridine rings is 1. The lowest BCUT2D eigenvalue weighted by Crippen LogP contribution is -2.50. The molecule has 1 amide bonds. The Kier molecular flexibility index (Phi) is 7.43. The maximum atomic E-state index is 13.0. The van der Waals surface area contributed by atoms with Gasteiger partial charge in [0, 0.05) is 47.7 Å². The van der Waals surface area contributed by atoms with Crippen molar-refractivity contribution in [3.05, 3.63) is 60.7 Å². The van der Waals surface area contributed by atoms with Crippen LogP contribution < -0.4 is 5.32 Å². The first kappa shape index (κ1) is 23.7. The highest BCUT2D eigenvalue weighted by atomic mass is 79.9. The Morgan fingerprint density at radius 1 is 1.12 bits per heavy atom. The minimum Gasteiger partial charge on any atom is -0.340 e. The molecule has 0 bridgehead atoms. The SMILES string of the molecule is O=C(CC1CCNCC1)N1CCN(C2c3ccc(Cl)c(Br)c3CCc3cc(Br)cnc32)CC1. The van der Waals surface area contributed by atoms with E-state index in [1.54, 1.807) is 0 Å². The van der Waals surface area contributed by atoms with Gasteiger partial charge in [-0.3, -0.25) is 14.7 Å². The first-order valence-electron chi connectivity index (χ1n) is 11.8. The van der Waals surface area contributed by atoms with Gasteiger partial charge in [0.05, 0.1) is 16.8 Å². The predicted molar refractivity (Wildman–Crippen MR) is 139 cm³/mol. The average molecular weight is 597 g/mol. The van der Waals surface area contributed by atoms with Crippen molar-refractivity contribution in [3.8, 4) is 0 Å². The van der Waals surface area contributed by atoms with Crippen molar-refractivity contribution in [1.29, 1.82) is 0 Å². The molecular formula is C25H29Br2ClN4O. The molecule has 3 heterocycles. The first-order chi connectivity index (χ1) is 16.0. The Morgan fingerprint density at radius 2 is 1.88 bits per heavy atom. The van der Waals surface area contributed by atoms with E-state index in [1.807, 2.05) is 12.3 Å². The molecule has 2 fully saturated rings. The number of halogens is 3. The van der Waals surface area contributed by atoms with Crippen LogP contribution in [-0.4, -0.2) is 60.0 Å². The van der Waals surface area contributed by atoms with Crippen LogP contribution in [0, 0.1) is 5.92 Å². The number of piperazine rings is 1. The smallest absolute Gasteiger partial charge is 0.222 e. The molecule has 1 aromatic carbocycles. The zero-order chi connectivity index (χ0) is 22.9. The van der Waals surface area contributed by atoms with E-state index in [0.717, 1.165) is 84.6 Å². The fourth-order valence-electron chi connectivity index (χ4n) is 5.52. The summed E-state index contributed by atoms with van der Waals surface area (Å²) in [6, 6.07) is 6.43. The zero-order valence-corrected chi connectivity index (χ0v) is 22.6. The van der Waals surface area contributed by atoms with E-state index in [9.17, 15) is 4.79 Å². The van der Waals surface area contributed by atoms with Crippen molar-refractivity contribution in [2.45, 2.75) is 38.1 Å². The Bertz CT molecular complexity index is 1040. The third-order valence-corrected chi connectivity index (χ3v) is 9.24. The molecule has 1 unspecified atom stereocenters. The monoisotopic (exact) mass is 594 g/mol. The van der Waals surface area contributed by atoms with Crippen LogP contribution in [0.15, 0.2) is 33.3 Å². The summed E-state index contributed by atoms with van der Waals surface area (Å²) in [6.45, 7) is 5.31. The largest absolute Gasteiger partial charge is 0.340 e. The van der Waals surface area contributed by atoms with E-state index in [-0.39, 0.29) is 6.04 Å². The Hall–Kier alpha value is -0.990. The van der Waals surface area contributed by atoms with Crippen molar-refractivity contribution >= 4 is 49.4 Å². The fraction of sp³-hybridized carbons (Fsp3) is 0.520. The minimum absolute atomic E-state index is 0.0702. The van der Waals surface area contributed by atoms with Crippen LogP contribution in [0.5, 0.6) is 0 Å².